The van der Waals surface area contributed by atoms with Crippen molar-refractivity contribution < 1.29 is 13.6 Å². The number of rotatable bonds is 3. The lowest BCUT2D eigenvalue weighted by Gasteiger charge is -2.22. The molecule has 1 unspecified atom stereocenters. The predicted molar refractivity (Wildman–Crippen MR) is 68.7 cm³/mol. The van der Waals surface area contributed by atoms with Crippen LogP contribution in [-0.4, -0.2) is 30.0 Å². The van der Waals surface area contributed by atoms with Gasteiger partial charge in [-0.3, -0.25) is 4.79 Å². The maximum absolute atomic E-state index is 13.3. The average Bonchev–Trinajstić information content (AvgIpc) is 2.35. The van der Waals surface area contributed by atoms with Crippen LogP contribution in [0.5, 0.6) is 0 Å². The highest BCUT2D eigenvalue weighted by molar-refractivity contribution is 7.99. The summed E-state index contributed by atoms with van der Waals surface area (Å²) in [5, 5.41) is 5.61. The van der Waals surface area contributed by atoms with E-state index in [2.05, 4.69) is 10.6 Å². The van der Waals surface area contributed by atoms with Crippen molar-refractivity contribution in [1.29, 1.82) is 0 Å². The lowest BCUT2D eigenvalue weighted by molar-refractivity contribution is -0.116. The topological polar surface area (TPSA) is 41.1 Å². The molecule has 0 bridgehead atoms. The van der Waals surface area contributed by atoms with Gasteiger partial charge in [-0.05, 0) is 12.1 Å². The summed E-state index contributed by atoms with van der Waals surface area (Å²) in [4.78, 5) is 11.7. The number of hydrogen-bond donors (Lipinski definition) is 2. The number of hydrogen-bond acceptors (Lipinski definition) is 3. The molecule has 0 spiro atoms. The Morgan fingerprint density at radius 3 is 3.06 bits per heavy atom. The number of anilines is 1. The predicted octanol–water partition coefficient (Wildman–Crippen LogP) is 2.00. The second-order valence-electron chi connectivity index (χ2n) is 4.10. The number of carbonyl (C=O) groups excluding carboxylic acids is 1. The summed E-state index contributed by atoms with van der Waals surface area (Å²) in [6.45, 7) is 0.872. The van der Waals surface area contributed by atoms with Crippen LogP contribution in [-0.2, 0) is 4.79 Å². The Balaban J connectivity index is 1.92. The van der Waals surface area contributed by atoms with Crippen molar-refractivity contribution >= 4 is 23.4 Å². The average molecular weight is 272 g/mol. The lowest BCUT2D eigenvalue weighted by atomic mass is 10.2. The molecule has 1 amide bonds. The van der Waals surface area contributed by atoms with Crippen molar-refractivity contribution in [2.45, 2.75) is 12.5 Å². The molecular weight excluding hydrogens is 258 g/mol. The van der Waals surface area contributed by atoms with E-state index in [-0.39, 0.29) is 24.1 Å². The van der Waals surface area contributed by atoms with Gasteiger partial charge in [0.05, 0.1) is 5.69 Å². The number of amides is 1. The maximum atomic E-state index is 13.3. The van der Waals surface area contributed by atoms with E-state index in [0.717, 1.165) is 36.2 Å². The molecule has 1 aliphatic heterocycles. The second-order valence-corrected chi connectivity index (χ2v) is 5.25. The van der Waals surface area contributed by atoms with E-state index in [4.69, 9.17) is 0 Å². The molecule has 0 saturated carbocycles. The Morgan fingerprint density at radius 2 is 2.33 bits per heavy atom. The van der Waals surface area contributed by atoms with E-state index in [1.807, 2.05) is 0 Å². The van der Waals surface area contributed by atoms with E-state index in [1.54, 1.807) is 11.8 Å². The van der Waals surface area contributed by atoms with Crippen molar-refractivity contribution in [2.75, 3.05) is 23.4 Å². The molecule has 1 aromatic rings. The minimum atomic E-state index is -0.629. The van der Waals surface area contributed by atoms with Gasteiger partial charge >= 0.3 is 0 Å². The molecule has 1 atom stereocenters. The summed E-state index contributed by atoms with van der Waals surface area (Å²) in [5.41, 5.74) is -0.108. The van der Waals surface area contributed by atoms with Crippen LogP contribution in [0, 0.1) is 11.6 Å². The molecule has 1 aromatic carbocycles. The van der Waals surface area contributed by atoms with Crippen LogP contribution in [0.3, 0.4) is 0 Å². The number of nitrogens with one attached hydrogen (secondary N) is 2. The first-order valence-electron chi connectivity index (χ1n) is 5.71. The minimum Gasteiger partial charge on any atom is -0.323 e. The highest BCUT2D eigenvalue weighted by Crippen LogP contribution is 2.16. The van der Waals surface area contributed by atoms with Crippen molar-refractivity contribution in [1.82, 2.24) is 5.32 Å². The molecule has 1 fully saturated rings. The fourth-order valence-electron chi connectivity index (χ4n) is 1.77. The summed E-state index contributed by atoms with van der Waals surface area (Å²) in [6, 6.07) is 3.10. The molecule has 1 aliphatic rings. The third kappa shape index (κ3) is 3.68. The van der Waals surface area contributed by atoms with Gasteiger partial charge in [-0.2, -0.15) is 11.8 Å². The summed E-state index contributed by atoms with van der Waals surface area (Å²) >= 11 is 1.78. The zero-order chi connectivity index (χ0) is 13.0. The molecule has 18 heavy (non-hydrogen) atoms. The minimum absolute atomic E-state index is 0.0976. The van der Waals surface area contributed by atoms with E-state index < -0.39 is 11.6 Å². The van der Waals surface area contributed by atoms with Crippen molar-refractivity contribution in [3.63, 3.8) is 0 Å². The Kier molecular flexibility index (Phi) is 4.54. The van der Waals surface area contributed by atoms with E-state index in [0.29, 0.717) is 0 Å². The van der Waals surface area contributed by atoms with E-state index in [1.165, 1.54) is 0 Å². The highest BCUT2D eigenvalue weighted by Gasteiger charge is 2.17. The number of halogens is 2. The normalized spacial score (nSPS) is 19.6. The first kappa shape index (κ1) is 13.3. The molecule has 1 heterocycles. The van der Waals surface area contributed by atoms with Gasteiger partial charge in [0.2, 0.25) is 5.91 Å². The van der Waals surface area contributed by atoms with Gasteiger partial charge < -0.3 is 10.6 Å². The summed E-state index contributed by atoms with van der Waals surface area (Å²) < 4.78 is 26.2. The van der Waals surface area contributed by atoms with Gasteiger partial charge in [0.15, 0.2) is 0 Å². The third-order valence-electron chi connectivity index (χ3n) is 2.63. The summed E-state index contributed by atoms with van der Waals surface area (Å²) in [7, 11) is 0. The standard InChI is InChI=1S/C12H14F2N2OS/c13-8-1-2-10(14)11(5-8)16-12(17)6-9-7-18-4-3-15-9/h1-2,5,9,15H,3-4,6-7H2,(H,16,17). The van der Waals surface area contributed by atoms with Gasteiger partial charge in [0, 0.05) is 36.6 Å². The maximum Gasteiger partial charge on any atom is 0.226 e. The molecule has 0 radical (unpaired) electrons. The van der Waals surface area contributed by atoms with Crippen molar-refractivity contribution in [3.8, 4) is 0 Å². The zero-order valence-corrected chi connectivity index (χ0v) is 10.5. The molecular formula is C12H14F2N2OS. The second kappa shape index (κ2) is 6.15. The van der Waals surface area contributed by atoms with Crippen molar-refractivity contribution in [2.24, 2.45) is 0 Å². The Morgan fingerprint density at radius 1 is 1.50 bits per heavy atom. The fourth-order valence-corrected chi connectivity index (χ4v) is 2.72. The van der Waals surface area contributed by atoms with Crippen molar-refractivity contribution in [3.05, 3.63) is 29.8 Å². The van der Waals surface area contributed by atoms with Crippen LogP contribution < -0.4 is 10.6 Å². The monoisotopic (exact) mass is 272 g/mol. The molecule has 3 nitrogen and oxygen atoms in total. The number of thioether (sulfide) groups is 1. The van der Waals surface area contributed by atoms with Gasteiger partial charge in [-0.15, -0.1) is 0 Å². The van der Waals surface area contributed by atoms with Crippen LogP contribution in [0.1, 0.15) is 6.42 Å². The van der Waals surface area contributed by atoms with E-state index in [9.17, 15) is 13.6 Å². The van der Waals surface area contributed by atoms with Crippen LogP contribution >= 0.6 is 11.8 Å². The largest absolute Gasteiger partial charge is 0.323 e. The van der Waals surface area contributed by atoms with Gasteiger partial charge in [-0.1, -0.05) is 0 Å². The molecule has 2 N–H and O–H groups in total. The number of benzene rings is 1. The first-order valence-corrected chi connectivity index (χ1v) is 6.86. The summed E-state index contributed by atoms with van der Waals surface area (Å²) in [5.74, 6) is 0.392. The first-order chi connectivity index (χ1) is 8.65. The zero-order valence-electron chi connectivity index (χ0n) is 9.71. The Bertz CT molecular complexity index is 436. The molecule has 1 saturated heterocycles. The third-order valence-corrected chi connectivity index (χ3v) is 3.76. The number of carbonyl (C=O) groups is 1. The fraction of sp³-hybridized carbons (Fsp3) is 0.417. The molecule has 0 aliphatic carbocycles. The lowest BCUT2D eigenvalue weighted by Crippen LogP contribution is -2.39. The smallest absolute Gasteiger partial charge is 0.226 e. The molecule has 98 valence electrons. The quantitative estimate of drug-likeness (QED) is 0.884. The summed E-state index contributed by atoms with van der Waals surface area (Å²) in [6.07, 6.45) is 0.267. The van der Waals surface area contributed by atoms with Crippen LogP contribution in [0.4, 0.5) is 14.5 Å². The molecule has 0 aromatic heterocycles. The van der Waals surface area contributed by atoms with E-state index >= 15 is 0 Å². The van der Waals surface area contributed by atoms with Gasteiger partial charge in [0.25, 0.3) is 0 Å². The Labute approximate surface area is 108 Å². The van der Waals surface area contributed by atoms with Crippen LogP contribution in [0.25, 0.3) is 0 Å². The van der Waals surface area contributed by atoms with Crippen LogP contribution in [0.15, 0.2) is 18.2 Å². The Hall–Kier alpha value is -1.14. The van der Waals surface area contributed by atoms with Gasteiger partial charge in [0.1, 0.15) is 11.6 Å². The molecule has 2 rings (SSSR count). The SMILES string of the molecule is O=C(CC1CSCCN1)Nc1cc(F)ccc1F. The molecule has 6 heteroatoms. The van der Waals surface area contributed by atoms with Crippen LogP contribution in [0.2, 0.25) is 0 Å². The highest BCUT2D eigenvalue weighted by atomic mass is 32.2. The van der Waals surface area contributed by atoms with Gasteiger partial charge in [-0.25, -0.2) is 8.78 Å².